The minimum Gasteiger partial charge on any atom is -0.444 e. The van der Waals surface area contributed by atoms with Gasteiger partial charge in [0.1, 0.15) is 5.60 Å². The van der Waals surface area contributed by atoms with Crippen LogP contribution in [-0.2, 0) is 9.47 Å². The van der Waals surface area contributed by atoms with E-state index in [1.165, 1.54) is 12.8 Å². The van der Waals surface area contributed by atoms with Crippen LogP contribution in [0.3, 0.4) is 0 Å². The average Bonchev–Trinajstić information content (AvgIpc) is 2.78. The maximum absolute atomic E-state index is 11.4. The quantitative estimate of drug-likeness (QED) is 0.695. The van der Waals surface area contributed by atoms with Gasteiger partial charge in [-0.05, 0) is 59.0 Å². The summed E-state index contributed by atoms with van der Waals surface area (Å²) in [5.74, 6) is 0.729. The van der Waals surface area contributed by atoms with Gasteiger partial charge in [0, 0.05) is 19.8 Å². The lowest BCUT2D eigenvalue weighted by molar-refractivity contribution is 0.0527. The summed E-state index contributed by atoms with van der Waals surface area (Å²) < 4.78 is 10.5. The molecule has 2 N–H and O–H groups in total. The van der Waals surface area contributed by atoms with Crippen molar-refractivity contribution >= 4 is 6.09 Å². The molecule has 0 saturated carbocycles. The number of carbonyl (C=O) groups is 1. The second-order valence-electron chi connectivity index (χ2n) is 6.05. The Morgan fingerprint density at radius 1 is 1.32 bits per heavy atom. The highest BCUT2D eigenvalue weighted by molar-refractivity contribution is 5.67. The average molecular weight is 272 g/mol. The van der Waals surface area contributed by atoms with Crippen molar-refractivity contribution in [3.05, 3.63) is 0 Å². The molecule has 19 heavy (non-hydrogen) atoms. The van der Waals surface area contributed by atoms with E-state index in [9.17, 15) is 4.79 Å². The fourth-order valence-electron chi connectivity index (χ4n) is 1.96. The predicted molar refractivity (Wildman–Crippen MR) is 75.3 cm³/mol. The summed E-state index contributed by atoms with van der Waals surface area (Å²) in [4.78, 5) is 11.4. The summed E-state index contributed by atoms with van der Waals surface area (Å²) in [6.07, 6.45) is 2.96. The molecule has 1 heterocycles. The van der Waals surface area contributed by atoms with Gasteiger partial charge < -0.3 is 20.1 Å². The highest BCUT2D eigenvalue weighted by Crippen LogP contribution is 2.14. The molecule has 0 aromatic heterocycles. The Morgan fingerprint density at radius 3 is 2.74 bits per heavy atom. The van der Waals surface area contributed by atoms with E-state index in [1.54, 1.807) is 0 Å². The van der Waals surface area contributed by atoms with Gasteiger partial charge in [-0.2, -0.15) is 0 Å². The van der Waals surface area contributed by atoms with Crippen molar-refractivity contribution in [3.8, 4) is 0 Å². The molecule has 0 radical (unpaired) electrons. The minimum atomic E-state index is -0.425. The van der Waals surface area contributed by atoms with Crippen LogP contribution in [0.4, 0.5) is 4.79 Å². The molecule has 1 amide bonds. The number of hydrogen-bond donors (Lipinski definition) is 2. The Bertz CT molecular complexity index is 258. The Labute approximate surface area is 116 Å². The van der Waals surface area contributed by atoms with E-state index in [4.69, 9.17) is 9.47 Å². The van der Waals surface area contributed by atoms with Crippen LogP contribution in [-0.4, -0.2) is 44.5 Å². The normalized spacial score (nSPS) is 19.4. The number of carbonyl (C=O) groups excluding carboxylic acids is 1. The van der Waals surface area contributed by atoms with Crippen LogP contribution in [0.5, 0.6) is 0 Å². The Morgan fingerprint density at radius 2 is 2.11 bits per heavy atom. The number of nitrogens with one attached hydrogen (secondary N) is 2. The summed E-state index contributed by atoms with van der Waals surface area (Å²) in [6, 6.07) is 0. The first-order chi connectivity index (χ1) is 8.97. The fraction of sp³-hybridized carbons (Fsp3) is 0.929. The Balaban J connectivity index is 1.86. The first-order valence-corrected chi connectivity index (χ1v) is 7.23. The van der Waals surface area contributed by atoms with Gasteiger partial charge >= 0.3 is 6.09 Å². The standard InChI is InChI=1S/C14H28N2O3/c1-14(2,3)19-13(17)16-8-4-7-15-9-5-12-6-10-18-11-12/h12,15H,4-11H2,1-3H3,(H,16,17). The fourth-order valence-corrected chi connectivity index (χ4v) is 1.96. The predicted octanol–water partition coefficient (Wildman–Crippen LogP) is 1.92. The molecule has 112 valence electrons. The molecule has 1 unspecified atom stereocenters. The van der Waals surface area contributed by atoms with Crippen molar-refractivity contribution in [2.24, 2.45) is 5.92 Å². The number of ether oxygens (including phenoxy) is 2. The van der Waals surface area contributed by atoms with Crippen LogP contribution in [0.2, 0.25) is 0 Å². The van der Waals surface area contributed by atoms with Gasteiger partial charge in [-0.25, -0.2) is 4.79 Å². The zero-order valence-electron chi connectivity index (χ0n) is 12.5. The summed E-state index contributed by atoms with van der Waals surface area (Å²) >= 11 is 0. The molecule has 1 saturated heterocycles. The van der Waals surface area contributed by atoms with Crippen molar-refractivity contribution < 1.29 is 14.3 Å². The van der Waals surface area contributed by atoms with Crippen molar-refractivity contribution in [1.82, 2.24) is 10.6 Å². The van der Waals surface area contributed by atoms with Gasteiger partial charge in [-0.1, -0.05) is 0 Å². The molecule has 0 bridgehead atoms. The van der Waals surface area contributed by atoms with Crippen LogP contribution < -0.4 is 10.6 Å². The van der Waals surface area contributed by atoms with Crippen LogP contribution >= 0.6 is 0 Å². The maximum Gasteiger partial charge on any atom is 0.407 e. The lowest BCUT2D eigenvalue weighted by Crippen LogP contribution is -2.34. The van der Waals surface area contributed by atoms with Gasteiger partial charge in [-0.15, -0.1) is 0 Å². The maximum atomic E-state index is 11.4. The molecule has 1 atom stereocenters. The number of alkyl carbamates (subject to hydrolysis) is 1. The number of rotatable bonds is 7. The molecule has 1 rings (SSSR count). The Kier molecular flexibility index (Phi) is 7.16. The SMILES string of the molecule is CC(C)(C)OC(=O)NCCCNCCC1CCOC1. The summed E-state index contributed by atoms with van der Waals surface area (Å²) in [5.41, 5.74) is -0.425. The van der Waals surface area contributed by atoms with Crippen molar-refractivity contribution in [2.45, 2.75) is 45.6 Å². The molecule has 5 nitrogen and oxygen atoms in total. The second kappa shape index (κ2) is 8.38. The number of amides is 1. The molecule has 5 heteroatoms. The van der Waals surface area contributed by atoms with E-state index in [-0.39, 0.29) is 6.09 Å². The topological polar surface area (TPSA) is 59.6 Å². The summed E-state index contributed by atoms with van der Waals surface area (Å²) in [7, 11) is 0. The summed E-state index contributed by atoms with van der Waals surface area (Å²) in [5, 5.41) is 6.14. The molecule has 1 aliphatic rings. The van der Waals surface area contributed by atoms with Crippen molar-refractivity contribution in [1.29, 1.82) is 0 Å². The van der Waals surface area contributed by atoms with Gasteiger partial charge in [0.25, 0.3) is 0 Å². The smallest absolute Gasteiger partial charge is 0.407 e. The molecular weight excluding hydrogens is 244 g/mol. The zero-order valence-corrected chi connectivity index (χ0v) is 12.5. The van der Waals surface area contributed by atoms with E-state index >= 15 is 0 Å². The highest BCUT2D eigenvalue weighted by Gasteiger charge is 2.15. The summed E-state index contributed by atoms with van der Waals surface area (Å²) in [6.45, 7) is 10.0. The van der Waals surface area contributed by atoms with E-state index in [2.05, 4.69) is 10.6 Å². The third-order valence-electron chi connectivity index (χ3n) is 2.95. The third-order valence-corrected chi connectivity index (χ3v) is 2.95. The molecule has 0 aromatic carbocycles. The first kappa shape index (κ1) is 16.2. The van der Waals surface area contributed by atoms with Crippen LogP contribution in [0, 0.1) is 5.92 Å². The molecule has 0 aliphatic carbocycles. The first-order valence-electron chi connectivity index (χ1n) is 7.23. The zero-order chi connectivity index (χ0) is 14.1. The molecule has 0 spiro atoms. The largest absolute Gasteiger partial charge is 0.444 e. The van der Waals surface area contributed by atoms with E-state index in [1.807, 2.05) is 20.8 Å². The van der Waals surface area contributed by atoms with E-state index < -0.39 is 5.60 Å². The lowest BCUT2D eigenvalue weighted by atomic mass is 10.1. The monoisotopic (exact) mass is 272 g/mol. The molecular formula is C14H28N2O3. The van der Waals surface area contributed by atoms with E-state index in [0.717, 1.165) is 38.6 Å². The van der Waals surface area contributed by atoms with Gasteiger partial charge in [0.2, 0.25) is 0 Å². The van der Waals surface area contributed by atoms with Gasteiger partial charge in [0.05, 0.1) is 0 Å². The molecule has 1 fully saturated rings. The molecule has 0 aromatic rings. The second-order valence-corrected chi connectivity index (χ2v) is 6.05. The lowest BCUT2D eigenvalue weighted by Gasteiger charge is -2.19. The van der Waals surface area contributed by atoms with E-state index in [0.29, 0.717) is 6.54 Å². The highest BCUT2D eigenvalue weighted by atomic mass is 16.6. The van der Waals surface area contributed by atoms with Crippen LogP contribution in [0.15, 0.2) is 0 Å². The van der Waals surface area contributed by atoms with Crippen LogP contribution in [0.1, 0.15) is 40.0 Å². The molecule has 1 aliphatic heterocycles. The van der Waals surface area contributed by atoms with Gasteiger partial charge in [0.15, 0.2) is 0 Å². The van der Waals surface area contributed by atoms with Gasteiger partial charge in [-0.3, -0.25) is 0 Å². The van der Waals surface area contributed by atoms with Crippen molar-refractivity contribution in [2.75, 3.05) is 32.8 Å². The van der Waals surface area contributed by atoms with Crippen molar-refractivity contribution in [3.63, 3.8) is 0 Å². The van der Waals surface area contributed by atoms with Crippen LogP contribution in [0.25, 0.3) is 0 Å². The number of hydrogen-bond acceptors (Lipinski definition) is 4. The minimum absolute atomic E-state index is 0.337. The Hall–Kier alpha value is -0.810. The third kappa shape index (κ3) is 8.83.